The number of ether oxygens (including phenoxy) is 1. The van der Waals surface area contributed by atoms with E-state index in [0.29, 0.717) is 13.0 Å². The van der Waals surface area contributed by atoms with Crippen molar-refractivity contribution in [1.82, 2.24) is 14.6 Å². The highest BCUT2D eigenvalue weighted by atomic mass is 32.2. The van der Waals surface area contributed by atoms with Gasteiger partial charge in [0.2, 0.25) is 0 Å². The summed E-state index contributed by atoms with van der Waals surface area (Å²) in [5.41, 5.74) is 1.34. The number of aryl methyl sites for hydroxylation is 1. The molecular weight excluding hydrogens is 350 g/mol. The van der Waals surface area contributed by atoms with Gasteiger partial charge in [-0.15, -0.1) is 0 Å². The summed E-state index contributed by atoms with van der Waals surface area (Å²) >= 11 is 0. The van der Waals surface area contributed by atoms with Gasteiger partial charge in [-0.2, -0.15) is 0 Å². The third-order valence-electron chi connectivity index (χ3n) is 3.56. The predicted octanol–water partition coefficient (Wildman–Crippen LogP) is 3.74. The first-order valence-corrected chi connectivity index (χ1v) is 9.99. The maximum Gasteiger partial charge on any atom is 0.410 e. The zero-order valence-corrected chi connectivity index (χ0v) is 18.1. The fourth-order valence-electron chi connectivity index (χ4n) is 2.01. The van der Waals surface area contributed by atoms with Gasteiger partial charge in [-0.1, -0.05) is 6.07 Å². The number of amides is 1. The van der Waals surface area contributed by atoms with Gasteiger partial charge in [-0.3, -0.25) is 4.98 Å². The van der Waals surface area contributed by atoms with Gasteiger partial charge in [0.05, 0.1) is 27.5 Å². The minimum atomic E-state index is -1.24. The van der Waals surface area contributed by atoms with Gasteiger partial charge in [-0.05, 0) is 66.5 Å². The Morgan fingerprint density at radius 3 is 2.35 bits per heavy atom. The van der Waals surface area contributed by atoms with E-state index in [1.54, 1.807) is 13.2 Å². The summed E-state index contributed by atoms with van der Waals surface area (Å²) in [5.74, 6) is 0. The van der Waals surface area contributed by atoms with E-state index in [1.807, 2.05) is 60.6 Å². The second kappa shape index (κ2) is 8.95. The van der Waals surface area contributed by atoms with Crippen LogP contribution in [0.15, 0.2) is 18.3 Å². The highest BCUT2D eigenvalue weighted by molar-refractivity contribution is 7.84. The van der Waals surface area contributed by atoms with Crippen molar-refractivity contribution < 1.29 is 13.7 Å². The molecule has 0 radical (unpaired) electrons. The van der Waals surface area contributed by atoms with E-state index < -0.39 is 16.6 Å². The van der Waals surface area contributed by atoms with Crippen molar-refractivity contribution in [2.45, 2.75) is 71.3 Å². The molecule has 0 saturated carbocycles. The normalized spacial score (nSPS) is 14.6. The summed E-state index contributed by atoms with van der Waals surface area (Å²) in [6.45, 7) is 13.7. The largest absolute Gasteiger partial charge is 0.444 e. The Bertz CT molecular complexity index is 618. The van der Waals surface area contributed by atoms with Crippen LogP contribution in [-0.4, -0.2) is 44.1 Å². The number of aromatic nitrogens is 1. The molecule has 1 N–H and O–H groups in total. The minimum absolute atomic E-state index is 0.222. The summed E-state index contributed by atoms with van der Waals surface area (Å²) < 4.78 is 20.7. The Kier molecular flexibility index (Phi) is 7.77. The Labute approximate surface area is 160 Å². The molecule has 0 fully saturated rings. The molecule has 0 aliphatic carbocycles. The van der Waals surface area contributed by atoms with E-state index in [4.69, 9.17) is 4.74 Å². The summed E-state index contributed by atoms with van der Waals surface area (Å²) in [7, 11) is 0.464. The number of rotatable bonds is 6. The maximum absolute atomic E-state index is 12.5. The van der Waals surface area contributed by atoms with E-state index in [2.05, 4.69) is 9.71 Å². The smallest absolute Gasteiger partial charge is 0.410 e. The van der Waals surface area contributed by atoms with Crippen molar-refractivity contribution in [3.05, 3.63) is 29.6 Å². The molecule has 1 aromatic rings. The maximum atomic E-state index is 12.5. The lowest BCUT2D eigenvalue weighted by Gasteiger charge is -2.27. The van der Waals surface area contributed by atoms with Gasteiger partial charge < -0.3 is 9.64 Å². The molecule has 148 valence electrons. The first kappa shape index (κ1) is 22.6. The van der Waals surface area contributed by atoms with E-state index >= 15 is 0 Å². The molecule has 1 rings (SSSR count). The summed E-state index contributed by atoms with van der Waals surface area (Å²) in [4.78, 5) is 18.1. The van der Waals surface area contributed by atoms with Gasteiger partial charge in [0.1, 0.15) is 5.60 Å². The monoisotopic (exact) mass is 383 g/mol. The molecule has 0 spiro atoms. The number of hydrogen-bond acceptors (Lipinski definition) is 4. The second-order valence-electron chi connectivity index (χ2n) is 8.50. The molecule has 0 aliphatic rings. The Morgan fingerprint density at radius 2 is 1.88 bits per heavy atom. The molecule has 1 unspecified atom stereocenters. The van der Waals surface area contributed by atoms with Gasteiger partial charge >= 0.3 is 6.09 Å². The molecule has 0 aromatic carbocycles. The SMILES string of the molecule is Cc1ccc(C(CCN(C)C(=O)OC(C)(C)C)N[S@](=O)C(C)(C)C)nc1. The van der Waals surface area contributed by atoms with Crippen LogP contribution < -0.4 is 4.72 Å². The van der Waals surface area contributed by atoms with Gasteiger partial charge in [0.25, 0.3) is 0 Å². The van der Waals surface area contributed by atoms with Crippen LogP contribution in [0.4, 0.5) is 4.79 Å². The third kappa shape index (κ3) is 7.83. The van der Waals surface area contributed by atoms with Crippen LogP contribution in [0.5, 0.6) is 0 Å². The Balaban J connectivity index is 2.84. The Morgan fingerprint density at radius 1 is 1.27 bits per heavy atom. The second-order valence-corrected chi connectivity index (χ2v) is 10.5. The zero-order valence-electron chi connectivity index (χ0n) is 17.3. The van der Waals surface area contributed by atoms with Crippen LogP contribution in [0.3, 0.4) is 0 Å². The van der Waals surface area contributed by atoms with E-state index in [1.165, 1.54) is 4.90 Å². The van der Waals surface area contributed by atoms with Crippen molar-refractivity contribution in [3.8, 4) is 0 Å². The van der Waals surface area contributed by atoms with Crippen molar-refractivity contribution in [1.29, 1.82) is 0 Å². The average molecular weight is 384 g/mol. The Hall–Kier alpha value is -1.47. The van der Waals surface area contributed by atoms with Crippen LogP contribution in [-0.2, 0) is 15.7 Å². The molecular formula is C19H33N3O3S. The lowest BCUT2D eigenvalue weighted by atomic mass is 10.1. The molecule has 1 aromatic heterocycles. The highest BCUT2D eigenvalue weighted by Gasteiger charge is 2.26. The van der Waals surface area contributed by atoms with E-state index in [9.17, 15) is 9.00 Å². The highest BCUT2D eigenvalue weighted by Crippen LogP contribution is 2.20. The predicted molar refractivity (Wildman–Crippen MR) is 106 cm³/mol. The molecule has 0 aliphatic heterocycles. The quantitative estimate of drug-likeness (QED) is 0.812. The molecule has 1 heterocycles. The molecule has 1 amide bonds. The first-order chi connectivity index (χ1) is 11.8. The zero-order chi connectivity index (χ0) is 20.1. The fraction of sp³-hybridized carbons (Fsp3) is 0.684. The van der Waals surface area contributed by atoms with Gasteiger partial charge in [0.15, 0.2) is 0 Å². The number of nitrogens with zero attached hydrogens (tertiary/aromatic N) is 2. The third-order valence-corrected chi connectivity index (χ3v) is 5.17. The van der Waals surface area contributed by atoms with E-state index in [-0.39, 0.29) is 16.9 Å². The van der Waals surface area contributed by atoms with Crippen LogP contribution in [0.25, 0.3) is 0 Å². The van der Waals surface area contributed by atoms with Gasteiger partial charge in [-0.25, -0.2) is 13.7 Å². The average Bonchev–Trinajstić information content (AvgIpc) is 2.49. The summed E-state index contributed by atoms with van der Waals surface area (Å²) in [6, 6.07) is 3.69. The van der Waals surface area contributed by atoms with Crippen molar-refractivity contribution >= 4 is 17.1 Å². The number of carbonyl (C=O) groups excluding carboxylic acids is 1. The molecule has 6 nitrogen and oxygen atoms in total. The lowest BCUT2D eigenvalue weighted by molar-refractivity contribution is 0.0294. The van der Waals surface area contributed by atoms with Crippen LogP contribution >= 0.6 is 0 Å². The summed E-state index contributed by atoms with van der Waals surface area (Å²) in [5, 5.41) is 0. The molecule has 7 heteroatoms. The van der Waals surface area contributed by atoms with E-state index in [0.717, 1.165) is 11.3 Å². The van der Waals surface area contributed by atoms with Gasteiger partial charge in [0, 0.05) is 19.8 Å². The molecule has 0 bridgehead atoms. The summed E-state index contributed by atoms with van der Waals surface area (Å²) in [6.07, 6.45) is 2.00. The van der Waals surface area contributed by atoms with Crippen LogP contribution in [0, 0.1) is 6.92 Å². The first-order valence-electron chi connectivity index (χ1n) is 8.84. The fourth-order valence-corrected chi connectivity index (χ4v) is 2.86. The number of pyridine rings is 1. The molecule has 2 atom stereocenters. The minimum Gasteiger partial charge on any atom is -0.444 e. The molecule has 0 saturated heterocycles. The molecule has 26 heavy (non-hydrogen) atoms. The van der Waals surface area contributed by atoms with Crippen molar-refractivity contribution in [2.75, 3.05) is 13.6 Å². The lowest BCUT2D eigenvalue weighted by Crippen LogP contribution is -2.39. The topological polar surface area (TPSA) is 71.5 Å². The van der Waals surface area contributed by atoms with Crippen LogP contribution in [0.1, 0.15) is 65.3 Å². The number of carbonyl (C=O) groups is 1. The standard InChI is InChI=1S/C19H33N3O3S/c1-14-9-10-15(20-13-14)16(21-26(24)19(5,6)7)11-12-22(8)17(23)25-18(2,3)4/h9-10,13,16,21H,11-12H2,1-8H3/t16?,26-/m1/s1. The number of hydrogen-bond donors (Lipinski definition) is 1. The van der Waals surface area contributed by atoms with Crippen molar-refractivity contribution in [2.24, 2.45) is 0 Å². The number of nitrogens with one attached hydrogen (secondary N) is 1. The van der Waals surface area contributed by atoms with Crippen LogP contribution in [0.2, 0.25) is 0 Å². The van der Waals surface area contributed by atoms with Crippen molar-refractivity contribution in [3.63, 3.8) is 0 Å².